The van der Waals surface area contributed by atoms with Crippen LogP contribution in [0.1, 0.15) is 25.0 Å². The fraction of sp³-hybridized carbons (Fsp3) is 0.474. The maximum atomic E-state index is 12.7. The fourth-order valence-electron chi connectivity index (χ4n) is 3.92. The summed E-state index contributed by atoms with van der Waals surface area (Å²) in [5, 5.41) is 27.3. The molecular formula is C19H21N6NaO7S2. The Kier molecular flexibility index (Phi) is 9.04. The smallest absolute Gasteiger partial charge is 0.543 e. The summed E-state index contributed by atoms with van der Waals surface area (Å²) in [5.41, 5.74) is 5.01. The number of fused-ring (bicyclic) bond motifs is 1. The summed E-state index contributed by atoms with van der Waals surface area (Å²) in [6.45, 7) is 0.882. The average Bonchev–Trinajstić information content (AvgIpc) is 3.26. The number of anilines is 1. The number of carbonyl (C=O) groups excluding carboxylic acids is 4. The Labute approximate surface area is 230 Å². The Bertz CT molecular complexity index is 1090. The number of amides is 3. The van der Waals surface area contributed by atoms with E-state index in [9.17, 15) is 29.5 Å². The number of oxime groups is 1. The number of carbonyl (C=O) groups is 4. The van der Waals surface area contributed by atoms with E-state index >= 15 is 0 Å². The summed E-state index contributed by atoms with van der Waals surface area (Å²) in [6.07, 6.45) is 2.27. The van der Waals surface area contributed by atoms with Crippen LogP contribution in [0.2, 0.25) is 0 Å². The molecule has 0 aromatic carbocycles. The number of aliphatic carboxylic acids is 1. The molecule has 1 aromatic rings. The number of likely N-dealkylation sites (tertiary alicyclic amines) is 1. The van der Waals surface area contributed by atoms with E-state index in [1.54, 1.807) is 4.90 Å². The quantitative estimate of drug-likeness (QED) is 0.107. The molecule has 13 nitrogen and oxygen atoms in total. The molecule has 0 saturated carbocycles. The molecular weight excluding hydrogens is 511 g/mol. The number of β-lactam (4-membered cyclic amide) rings is 1. The maximum absolute atomic E-state index is 12.7. The molecule has 0 aliphatic carbocycles. The third kappa shape index (κ3) is 5.58. The molecule has 35 heavy (non-hydrogen) atoms. The average molecular weight is 533 g/mol. The number of carboxylic acid groups (broad SMARTS) is 1. The van der Waals surface area contributed by atoms with Gasteiger partial charge in [0.15, 0.2) is 10.8 Å². The molecule has 3 aliphatic rings. The van der Waals surface area contributed by atoms with Gasteiger partial charge in [0.25, 0.3) is 11.8 Å². The molecule has 4 heterocycles. The van der Waals surface area contributed by atoms with Crippen molar-refractivity contribution in [3.8, 4) is 0 Å². The summed E-state index contributed by atoms with van der Waals surface area (Å²) in [5.74, 6) is -2.98. The molecule has 0 radical (unpaired) electrons. The summed E-state index contributed by atoms with van der Waals surface area (Å²) < 4.78 is 5.29. The molecule has 4 N–H and O–H groups in total. The standard InChI is InChI=1S/C19H22N6O7S2.Na/c20-18-21-10(8-34-18)11(23-31)14(26)22-12-15(27)25-13(17(28)29)9(7-33-16(12)25)6-32-19(30)24-4-2-1-3-5-24;/h8,12,16,31H,1-7H2,(H2,20,21)(H,22,26)(H,28,29);/q;+1/p-1/b23-11-;/t12?,16-;/m1./s1. The zero-order valence-corrected chi connectivity index (χ0v) is 22.4. The molecule has 2 saturated heterocycles. The van der Waals surface area contributed by atoms with E-state index in [4.69, 9.17) is 10.5 Å². The number of piperidine rings is 1. The molecule has 16 heteroatoms. The Hall–Kier alpha value is -2.33. The van der Waals surface area contributed by atoms with E-state index in [1.165, 1.54) is 17.1 Å². The third-order valence-corrected chi connectivity index (χ3v) is 7.60. The normalized spacial score (nSPS) is 22.1. The zero-order chi connectivity index (χ0) is 24.4. The minimum absolute atomic E-state index is 0. The van der Waals surface area contributed by atoms with Crippen molar-refractivity contribution in [2.45, 2.75) is 30.7 Å². The summed E-state index contributed by atoms with van der Waals surface area (Å²) in [4.78, 5) is 55.9. The van der Waals surface area contributed by atoms with Crippen molar-refractivity contribution in [1.82, 2.24) is 20.1 Å². The molecule has 2 fully saturated rings. The van der Waals surface area contributed by atoms with Gasteiger partial charge >= 0.3 is 35.7 Å². The fourth-order valence-corrected chi connectivity index (χ4v) is 5.79. The van der Waals surface area contributed by atoms with Gasteiger partial charge in [-0.15, -0.1) is 23.1 Å². The maximum Gasteiger partial charge on any atom is 1.00 e. The van der Waals surface area contributed by atoms with Crippen LogP contribution in [-0.4, -0.2) is 86.4 Å². The van der Waals surface area contributed by atoms with Crippen molar-refractivity contribution >= 4 is 57.8 Å². The third-order valence-electron chi connectivity index (χ3n) is 5.59. The van der Waals surface area contributed by atoms with Crippen molar-refractivity contribution in [3.05, 3.63) is 22.3 Å². The largest absolute Gasteiger partial charge is 1.00 e. The van der Waals surface area contributed by atoms with Gasteiger partial charge in [0, 0.05) is 29.8 Å². The van der Waals surface area contributed by atoms with Gasteiger partial charge in [-0.25, -0.2) is 9.78 Å². The van der Waals surface area contributed by atoms with Crippen LogP contribution < -0.4 is 45.7 Å². The van der Waals surface area contributed by atoms with Gasteiger partial charge in [-0.2, -0.15) is 0 Å². The number of rotatable bonds is 6. The molecule has 0 bridgehead atoms. The number of nitrogens with one attached hydrogen (secondary N) is 1. The van der Waals surface area contributed by atoms with Crippen LogP contribution in [0, 0.1) is 0 Å². The van der Waals surface area contributed by atoms with Crippen LogP contribution in [0.3, 0.4) is 0 Å². The zero-order valence-electron chi connectivity index (χ0n) is 18.8. The van der Waals surface area contributed by atoms with Crippen LogP contribution in [0.15, 0.2) is 21.8 Å². The predicted molar refractivity (Wildman–Crippen MR) is 119 cm³/mol. The monoisotopic (exact) mass is 532 g/mol. The Morgan fingerprint density at radius 1 is 1.31 bits per heavy atom. The minimum Gasteiger partial charge on any atom is -0.543 e. The van der Waals surface area contributed by atoms with E-state index in [0.29, 0.717) is 13.1 Å². The number of thiazole rings is 1. The van der Waals surface area contributed by atoms with Gasteiger partial charge < -0.3 is 35.8 Å². The second-order valence-corrected chi connectivity index (χ2v) is 9.72. The van der Waals surface area contributed by atoms with Crippen LogP contribution in [0.5, 0.6) is 0 Å². The van der Waals surface area contributed by atoms with Gasteiger partial charge in [0.05, 0.1) is 11.7 Å². The van der Waals surface area contributed by atoms with E-state index in [1.807, 2.05) is 0 Å². The van der Waals surface area contributed by atoms with Crippen LogP contribution in [0.25, 0.3) is 0 Å². The van der Waals surface area contributed by atoms with Crippen molar-refractivity contribution in [2.75, 3.05) is 31.2 Å². The molecule has 3 aliphatic heterocycles. The second-order valence-electron chi connectivity index (χ2n) is 7.72. The molecule has 1 aromatic heterocycles. The Morgan fingerprint density at radius 2 is 2.03 bits per heavy atom. The topological polar surface area (TPSA) is 191 Å². The molecule has 4 rings (SSSR count). The summed E-state index contributed by atoms with van der Waals surface area (Å²) >= 11 is 2.24. The molecule has 2 atom stereocenters. The van der Waals surface area contributed by atoms with Gasteiger partial charge in [-0.05, 0) is 19.3 Å². The number of hydrogen-bond acceptors (Lipinski definition) is 12. The first-order valence-electron chi connectivity index (χ1n) is 10.4. The van der Waals surface area contributed by atoms with Crippen molar-refractivity contribution < 1.29 is 63.8 Å². The number of thioether (sulfide) groups is 1. The summed E-state index contributed by atoms with van der Waals surface area (Å²) in [6, 6.07) is -1.06. The van der Waals surface area contributed by atoms with E-state index in [-0.39, 0.29) is 64.0 Å². The van der Waals surface area contributed by atoms with Gasteiger partial charge in [-0.1, -0.05) is 5.16 Å². The van der Waals surface area contributed by atoms with Crippen molar-refractivity contribution in [1.29, 1.82) is 0 Å². The van der Waals surface area contributed by atoms with Crippen molar-refractivity contribution in [2.24, 2.45) is 5.16 Å². The van der Waals surface area contributed by atoms with Gasteiger partial charge in [0.2, 0.25) is 0 Å². The van der Waals surface area contributed by atoms with Gasteiger partial charge in [-0.3, -0.25) is 14.5 Å². The number of carboxylic acids is 1. The first-order chi connectivity index (χ1) is 16.3. The first-order valence-corrected chi connectivity index (χ1v) is 12.3. The van der Waals surface area contributed by atoms with Crippen LogP contribution >= 0.6 is 23.1 Å². The Balaban J connectivity index is 0.00000342. The minimum atomic E-state index is -1.58. The number of aromatic nitrogens is 1. The first kappa shape index (κ1) is 27.3. The Morgan fingerprint density at radius 3 is 2.63 bits per heavy atom. The van der Waals surface area contributed by atoms with Gasteiger partial charge in [0.1, 0.15) is 23.7 Å². The molecule has 3 amide bonds. The van der Waals surface area contributed by atoms with E-state index < -0.39 is 41.0 Å². The van der Waals surface area contributed by atoms with Crippen LogP contribution in [-0.2, 0) is 19.1 Å². The molecule has 182 valence electrons. The SMILES string of the molecule is Nc1nc(/C(=N/O)C(=O)NC2C(=O)N3C(C(=O)[O-])=C(COC(=O)N4CCCCC4)CS[C@H]23)cs1.[Na+]. The number of nitrogens with two attached hydrogens (primary N) is 1. The second kappa shape index (κ2) is 11.6. The molecule has 1 unspecified atom stereocenters. The molecule has 0 spiro atoms. The van der Waals surface area contributed by atoms with Crippen molar-refractivity contribution in [3.63, 3.8) is 0 Å². The van der Waals surface area contributed by atoms with Crippen LogP contribution in [0.4, 0.5) is 9.93 Å². The number of hydrogen-bond donors (Lipinski definition) is 3. The summed E-state index contributed by atoms with van der Waals surface area (Å²) in [7, 11) is 0. The van der Waals surface area contributed by atoms with E-state index in [0.717, 1.165) is 35.5 Å². The van der Waals surface area contributed by atoms with E-state index in [2.05, 4.69) is 15.5 Å². The predicted octanol–water partition coefficient (Wildman–Crippen LogP) is -4.07. The number of ether oxygens (including phenoxy) is 1. The number of nitrogen functional groups attached to an aromatic ring is 1. The number of nitrogens with zero attached hydrogens (tertiary/aromatic N) is 4.